The van der Waals surface area contributed by atoms with E-state index in [4.69, 9.17) is 5.10 Å². The number of aryl methyl sites for hydroxylation is 1. The van der Waals surface area contributed by atoms with Crippen LogP contribution >= 0.6 is 0 Å². The summed E-state index contributed by atoms with van der Waals surface area (Å²) >= 11 is 0. The Bertz CT molecular complexity index is 805. The average molecular weight is 356 g/mol. The van der Waals surface area contributed by atoms with Crippen LogP contribution in [-0.2, 0) is 17.8 Å². The Morgan fingerprint density at radius 3 is 2.65 bits per heavy atom. The third-order valence-electron chi connectivity index (χ3n) is 8.08. The molecule has 4 nitrogen and oxygen atoms in total. The highest BCUT2D eigenvalue weighted by atomic mass is 16.2. The van der Waals surface area contributed by atoms with Crippen molar-refractivity contribution >= 4 is 5.91 Å². The Morgan fingerprint density at radius 2 is 1.92 bits per heavy atom. The van der Waals surface area contributed by atoms with E-state index >= 15 is 0 Å². The van der Waals surface area contributed by atoms with Crippen LogP contribution in [0.2, 0.25) is 0 Å². The van der Waals surface area contributed by atoms with E-state index in [9.17, 15) is 4.79 Å². The highest BCUT2D eigenvalue weighted by Gasteiger charge is 2.63. The maximum atomic E-state index is 13.2. The van der Waals surface area contributed by atoms with Crippen molar-refractivity contribution in [2.75, 3.05) is 6.54 Å². The van der Waals surface area contributed by atoms with Crippen LogP contribution in [0.25, 0.3) is 0 Å². The maximum absolute atomic E-state index is 13.2. The van der Waals surface area contributed by atoms with Gasteiger partial charge in [-0.25, -0.2) is 0 Å². The van der Waals surface area contributed by atoms with Crippen molar-refractivity contribution in [3.05, 3.63) is 17.0 Å². The number of hydrogen-bond acceptors (Lipinski definition) is 2. The van der Waals surface area contributed by atoms with Crippen LogP contribution < -0.4 is 0 Å². The molecule has 142 valence electrons. The van der Waals surface area contributed by atoms with Gasteiger partial charge < -0.3 is 4.90 Å². The number of likely N-dealkylation sites (tertiary alicyclic amines) is 1. The zero-order chi connectivity index (χ0) is 18.6. The lowest BCUT2D eigenvalue weighted by molar-refractivity contribution is -0.133. The Hall–Kier alpha value is -1.32. The van der Waals surface area contributed by atoms with E-state index in [1.165, 1.54) is 24.1 Å². The first-order chi connectivity index (χ1) is 12.0. The molecule has 2 unspecified atom stereocenters. The molecule has 26 heavy (non-hydrogen) atoms. The number of aromatic nitrogens is 2. The quantitative estimate of drug-likeness (QED) is 0.806. The molecular formula is C22H33N3O. The molecule has 0 N–H and O–H groups in total. The topological polar surface area (TPSA) is 38.1 Å². The highest BCUT2D eigenvalue weighted by molar-refractivity contribution is 5.77. The molecule has 0 radical (unpaired) electrons. The van der Waals surface area contributed by atoms with Crippen LogP contribution in [0.5, 0.6) is 0 Å². The Balaban J connectivity index is 1.37. The van der Waals surface area contributed by atoms with E-state index in [1.54, 1.807) is 0 Å². The van der Waals surface area contributed by atoms with Crippen molar-refractivity contribution in [1.82, 2.24) is 14.7 Å². The molecular weight excluding hydrogens is 322 g/mol. The van der Waals surface area contributed by atoms with Crippen LogP contribution in [0, 0.1) is 29.1 Å². The van der Waals surface area contributed by atoms with Gasteiger partial charge in [-0.3, -0.25) is 9.48 Å². The molecule has 1 saturated heterocycles. The van der Waals surface area contributed by atoms with Crippen LogP contribution in [0.4, 0.5) is 0 Å². The monoisotopic (exact) mass is 355 g/mol. The van der Waals surface area contributed by atoms with Crippen molar-refractivity contribution in [3.63, 3.8) is 0 Å². The summed E-state index contributed by atoms with van der Waals surface area (Å²) in [7, 11) is 0. The zero-order valence-corrected chi connectivity index (χ0v) is 17.2. The van der Waals surface area contributed by atoms with E-state index in [0.717, 1.165) is 31.0 Å². The molecule has 1 aromatic heterocycles. The predicted molar refractivity (Wildman–Crippen MR) is 102 cm³/mol. The van der Waals surface area contributed by atoms with Crippen LogP contribution in [-0.4, -0.2) is 33.2 Å². The highest BCUT2D eigenvalue weighted by Crippen LogP contribution is 2.70. The molecule has 3 aliphatic carbocycles. The number of carbonyl (C=O) groups excluding carboxylic acids is 1. The summed E-state index contributed by atoms with van der Waals surface area (Å²) in [5.41, 5.74) is 5.04. The van der Waals surface area contributed by atoms with Crippen LogP contribution in [0.1, 0.15) is 76.8 Å². The molecule has 2 heterocycles. The lowest BCUT2D eigenvalue weighted by atomic mass is 9.65. The standard InChI is InChI=1S/C22H33N3O/c1-13-18-16(7-15-19(18)21(15,4)5)25(23-13)10-17(26)24-12-22(6)9-14(24)8-20(2,3)11-22/h14-15,19H,7-12H2,1-6H3/t14?,15-,19-,22?/m1/s1. The van der Waals surface area contributed by atoms with Gasteiger partial charge in [0, 0.05) is 23.8 Å². The Morgan fingerprint density at radius 1 is 1.19 bits per heavy atom. The van der Waals surface area contributed by atoms with E-state index in [0.29, 0.717) is 34.7 Å². The molecule has 3 fully saturated rings. The second-order valence-corrected chi connectivity index (χ2v) is 11.4. The molecule has 5 rings (SSSR count). The number of rotatable bonds is 2. The summed E-state index contributed by atoms with van der Waals surface area (Å²) in [6, 6.07) is 0.424. The van der Waals surface area contributed by atoms with Gasteiger partial charge in [0.15, 0.2) is 0 Å². The molecule has 0 spiro atoms. The van der Waals surface area contributed by atoms with Gasteiger partial charge in [0.25, 0.3) is 0 Å². The summed E-state index contributed by atoms with van der Waals surface area (Å²) in [6.45, 7) is 15.3. The Kier molecular flexibility index (Phi) is 3.07. The number of amides is 1. The molecule has 2 bridgehead atoms. The molecule has 4 heteroatoms. The zero-order valence-electron chi connectivity index (χ0n) is 17.2. The van der Waals surface area contributed by atoms with Gasteiger partial charge in [-0.1, -0.05) is 34.6 Å². The van der Waals surface area contributed by atoms with Crippen LogP contribution in [0.3, 0.4) is 0 Å². The lowest BCUT2D eigenvalue weighted by Crippen LogP contribution is -2.39. The van der Waals surface area contributed by atoms with Crippen LogP contribution in [0.15, 0.2) is 0 Å². The van der Waals surface area contributed by atoms with Crippen molar-refractivity contribution in [3.8, 4) is 0 Å². The van der Waals surface area contributed by atoms with Gasteiger partial charge in [0.1, 0.15) is 6.54 Å². The molecule has 2 saturated carbocycles. The second-order valence-electron chi connectivity index (χ2n) is 11.4. The van der Waals surface area contributed by atoms with E-state index in [1.807, 2.05) is 4.68 Å². The number of carbonyl (C=O) groups is 1. The van der Waals surface area contributed by atoms with Crippen molar-refractivity contribution < 1.29 is 4.79 Å². The number of fused-ring (bicyclic) bond motifs is 5. The van der Waals surface area contributed by atoms with E-state index < -0.39 is 0 Å². The maximum Gasteiger partial charge on any atom is 0.244 e. The van der Waals surface area contributed by atoms with Gasteiger partial charge in [-0.2, -0.15) is 5.10 Å². The number of nitrogens with zero attached hydrogens (tertiary/aromatic N) is 3. The third-order valence-corrected chi connectivity index (χ3v) is 8.08. The SMILES string of the molecule is Cc1nn(CC(=O)N2CC3(C)CC2CC(C)(C)C3)c2c1[C@H]1[C@@H](C2)C1(C)C. The van der Waals surface area contributed by atoms with Crippen molar-refractivity contribution in [2.45, 2.75) is 85.7 Å². The average Bonchev–Trinajstić information content (AvgIpc) is 2.87. The summed E-state index contributed by atoms with van der Waals surface area (Å²) < 4.78 is 2.05. The first-order valence-electron chi connectivity index (χ1n) is 10.4. The summed E-state index contributed by atoms with van der Waals surface area (Å²) in [5, 5.41) is 4.79. The van der Waals surface area contributed by atoms with Gasteiger partial charge in [0.2, 0.25) is 5.91 Å². The van der Waals surface area contributed by atoms with Gasteiger partial charge in [0.05, 0.1) is 5.69 Å². The molecule has 0 aromatic carbocycles. The Labute approximate surface area is 157 Å². The summed E-state index contributed by atoms with van der Waals surface area (Å²) in [5.74, 6) is 1.72. The minimum absolute atomic E-state index is 0.279. The third kappa shape index (κ3) is 2.20. The van der Waals surface area contributed by atoms with E-state index in [-0.39, 0.29) is 5.91 Å². The largest absolute Gasteiger partial charge is 0.338 e. The van der Waals surface area contributed by atoms with Crippen molar-refractivity contribution in [1.29, 1.82) is 0 Å². The molecule has 1 aromatic rings. The normalized spacial score (nSPS) is 38.2. The van der Waals surface area contributed by atoms with E-state index in [2.05, 4.69) is 46.4 Å². The first kappa shape index (κ1) is 16.8. The fourth-order valence-electron chi connectivity index (χ4n) is 7.27. The molecule has 4 aliphatic rings. The first-order valence-corrected chi connectivity index (χ1v) is 10.4. The molecule has 1 aliphatic heterocycles. The minimum atomic E-state index is 0.279. The summed E-state index contributed by atoms with van der Waals surface area (Å²) in [4.78, 5) is 15.4. The van der Waals surface area contributed by atoms with Gasteiger partial charge in [-0.05, 0) is 60.7 Å². The fraction of sp³-hybridized carbons (Fsp3) is 0.818. The summed E-state index contributed by atoms with van der Waals surface area (Å²) in [6.07, 6.45) is 4.66. The molecule has 4 atom stereocenters. The number of hydrogen-bond donors (Lipinski definition) is 0. The van der Waals surface area contributed by atoms with Crippen molar-refractivity contribution in [2.24, 2.45) is 22.2 Å². The lowest BCUT2D eigenvalue weighted by Gasteiger charge is -2.39. The van der Waals surface area contributed by atoms with Gasteiger partial charge >= 0.3 is 0 Å². The smallest absolute Gasteiger partial charge is 0.244 e. The molecule has 1 amide bonds. The second kappa shape index (κ2) is 4.74. The van der Waals surface area contributed by atoms with Gasteiger partial charge in [-0.15, -0.1) is 0 Å². The predicted octanol–water partition coefficient (Wildman–Crippen LogP) is 3.91. The fourth-order valence-corrected chi connectivity index (χ4v) is 7.27. The minimum Gasteiger partial charge on any atom is -0.338 e.